The van der Waals surface area contributed by atoms with Crippen LogP contribution in [0.5, 0.6) is 5.75 Å². The van der Waals surface area contributed by atoms with Gasteiger partial charge in [-0.2, -0.15) is 0 Å². The monoisotopic (exact) mass is 292 g/mol. The number of carbonyl (C=O) groups is 1. The summed E-state index contributed by atoms with van der Waals surface area (Å²) in [6.45, 7) is 7.97. The molecule has 2 rings (SSSR count). The van der Waals surface area contributed by atoms with Gasteiger partial charge in [-0.1, -0.05) is 0 Å². The number of aromatic nitrogens is 1. The van der Waals surface area contributed by atoms with Gasteiger partial charge in [-0.05, 0) is 40.2 Å². The van der Waals surface area contributed by atoms with Gasteiger partial charge in [-0.15, -0.1) is 0 Å². The second kappa shape index (κ2) is 6.02. The van der Waals surface area contributed by atoms with E-state index in [9.17, 15) is 9.90 Å². The van der Waals surface area contributed by atoms with Crippen LogP contribution in [-0.2, 0) is 11.3 Å². The average molecular weight is 292 g/mol. The van der Waals surface area contributed by atoms with Crippen molar-refractivity contribution in [3.05, 3.63) is 23.0 Å². The first-order valence-electron chi connectivity index (χ1n) is 7.32. The van der Waals surface area contributed by atoms with Crippen LogP contribution >= 0.6 is 0 Å². The summed E-state index contributed by atoms with van der Waals surface area (Å²) in [5.41, 5.74) is 2.38. The summed E-state index contributed by atoms with van der Waals surface area (Å²) < 4.78 is 5.43. The smallest absolute Gasteiger partial charge is 0.310 e. The molecule has 0 saturated carbocycles. The summed E-state index contributed by atoms with van der Waals surface area (Å²) in [5.74, 6) is 0.163. The fraction of sp³-hybridized carbons (Fsp3) is 0.625. The van der Waals surface area contributed by atoms with E-state index in [-0.39, 0.29) is 0 Å². The molecule has 5 nitrogen and oxygen atoms in total. The summed E-state index contributed by atoms with van der Waals surface area (Å²) in [6.07, 6.45) is 3.47. The van der Waals surface area contributed by atoms with E-state index < -0.39 is 11.4 Å². The highest BCUT2D eigenvalue weighted by Crippen LogP contribution is 2.31. The summed E-state index contributed by atoms with van der Waals surface area (Å²) in [7, 11) is 1.67. The van der Waals surface area contributed by atoms with Crippen molar-refractivity contribution in [2.24, 2.45) is 5.41 Å². The van der Waals surface area contributed by atoms with Crippen LogP contribution in [0.3, 0.4) is 0 Å². The number of nitrogens with zero attached hydrogens (tertiary/aromatic N) is 2. The van der Waals surface area contributed by atoms with Gasteiger partial charge in [0.05, 0.1) is 18.2 Å². The molecule has 1 aliphatic rings. The van der Waals surface area contributed by atoms with Crippen molar-refractivity contribution >= 4 is 5.97 Å². The SMILES string of the molecule is COc1c(C)cnc(CN2CCCC(C)(C(=O)O)C2)c1C. The molecule has 1 atom stereocenters. The number of likely N-dealkylation sites (tertiary alicyclic amines) is 1. The zero-order valence-corrected chi connectivity index (χ0v) is 13.3. The van der Waals surface area contributed by atoms with E-state index in [1.165, 1.54) is 0 Å². The van der Waals surface area contributed by atoms with Crippen molar-refractivity contribution in [2.75, 3.05) is 20.2 Å². The van der Waals surface area contributed by atoms with Crippen molar-refractivity contribution in [2.45, 2.75) is 40.2 Å². The maximum absolute atomic E-state index is 11.4. The van der Waals surface area contributed by atoms with Gasteiger partial charge in [0.25, 0.3) is 0 Å². The van der Waals surface area contributed by atoms with E-state index >= 15 is 0 Å². The van der Waals surface area contributed by atoms with Crippen molar-refractivity contribution in [3.63, 3.8) is 0 Å². The number of hydrogen-bond acceptors (Lipinski definition) is 4. The van der Waals surface area contributed by atoms with Crippen LogP contribution in [0, 0.1) is 19.3 Å². The molecule has 0 amide bonds. The summed E-state index contributed by atoms with van der Waals surface area (Å²) in [5, 5.41) is 9.39. The summed E-state index contributed by atoms with van der Waals surface area (Å²) >= 11 is 0. The molecule has 1 saturated heterocycles. The average Bonchev–Trinajstić information content (AvgIpc) is 2.43. The molecule has 1 aliphatic heterocycles. The highest BCUT2D eigenvalue weighted by Gasteiger charge is 2.37. The zero-order valence-electron chi connectivity index (χ0n) is 13.3. The first-order valence-corrected chi connectivity index (χ1v) is 7.32. The molecule has 0 bridgehead atoms. The third-order valence-corrected chi connectivity index (χ3v) is 4.41. The van der Waals surface area contributed by atoms with Crippen molar-refractivity contribution in [3.8, 4) is 5.75 Å². The fourth-order valence-corrected chi connectivity index (χ4v) is 3.10. The lowest BCUT2D eigenvalue weighted by Gasteiger charge is -2.37. The van der Waals surface area contributed by atoms with Crippen molar-refractivity contribution in [1.82, 2.24) is 9.88 Å². The molecule has 0 aromatic carbocycles. The third-order valence-electron chi connectivity index (χ3n) is 4.41. The number of rotatable bonds is 4. The lowest BCUT2D eigenvalue weighted by atomic mass is 9.82. The van der Waals surface area contributed by atoms with E-state index in [0.717, 1.165) is 42.0 Å². The number of aryl methyl sites for hydroxylation is 1. The normalized spacial score (nSPS) is 23.0. The number of hydrogen-bond donors (Lipinski definition) is 1. The molecule has 2 heterocycles. The van der Waals surface area contributed by atoms with E-state index in [4.69, 9.17) is 4.74 Å². The van der Waals surface area contributed by atoms with Gasteiger partial charge in [0.1, 0.15) is 5.75 Å². The minimum absolute atomic E-state index is 0.569. The summed E-state index contributed by atoms with van der Waals surface area (Å²) in [4.78, 5) is 18.1. The minimum Gasteiger partial charge on any atom is -0.496 e. The van der Waals surface area contributed by atoms with Crippen LogP contribution in [0.2, 0.25) is 0 Å². The fourth-order valence-electron chi connectivity index (χ4n) is 3.10. The maximum Gasteiger partial charge on any atom is 0.310 e. The number of carboxylic acid groups (broad SMARTS) is 1. The molecule has 0 radical (unpaired) electrons. The second-order valence-electron chi connectivity index (χ2n) is 6.23. The first kappa shape index (κ1) is 15.8. The third kappa shape index (κ3) is 3.18. The van der Waals surface area contributed by atoms with Crippen molar-refractivity contribution < 1.29 is 14.6 Å². The molecular formula is C16H24N2O3. The Morgan fingerprint density at radius 2 is 2.24 bits per heavy atom. The van der Waals surface area contributed by atoms with Gasteiger partial charge in [0, 0.05) is 30.4 Å². The Hall–Kier alpha value is -1.62. The maximum atomic E-state index is 11.4. The predicted molar refractivity (Wildman–Crippen MR) is 80.5 cm³/mol. The molecular weight excluding hydrogens is 268 g/mol. The number of methoxy groups -OCH3 is 1. The second-order valence-corrected chi connectivity index (χ2v) is 6.23. The Labute approximate surface area is 125 Å². The van der Waals surface area contributed by atoms with E-state index in [1.807, 2.05) is 27.0 Å². The molecule has 116 valence electrons. The van der Waals surface area contributed by atoms with Crippen LogP contribution in [-0.4, -0.2) is 41.2 Å². The van der Waals surface area contributed by atoms with E-state index in [1.54, 1.807) is 7.11 Å². The molecule has 0 aliphatic carbocycles. The van der Waals surface area contributed by atoms with Crippen LogP contribution in [0.4, 0.5) is 0 Å². The van der Waals surface area contributed by atoms with Gasteiger partial charge in [-0.3, -0.25) is 14.7 Å². The molecule has 5 heteroatoms. The Morgan fingerprint density at radius 3 is 2.86 bits per heavy atom. The molecule has 0 spiro atoms. The van der Waals surface area contributed by atoms with Crippen molar-refractivity contribution in [1.29, 1.82) is 0 Å². The number of pyridine rings is 1. The standard InChI is InChI=1S/C16H24N2O3/c1-11-8-17-13(12(2)14(11)21-4)9-18-7-5-6-16(3,10-18)15(19)20/h8H,5-7,9-10H2,1-4H3,(H,19,20). The molecule has 1 N–H and O–H groups in total. The first-order chi connectivity index (χ1) is 9.87. The number of ether oxygens (including phenoxy) is 1. The number of aliphatic carboxylic acids is 1. The lowest BCUT2D eigenvalue weighted by Crippen LogP contribution is -2.45. The van der Waals surface area contributed by atoms with Gasteiger partial charge in [-0.25, -0.2) is 0 Å². The van der Waals surface area contributed by atoms with Gasteiger partial charge in [0.2, 0.25) is 0 Å². The minimum atomic E-state index is -0.710. The highest BCUT2D eigenvalue weighted by atomic mass is 16.5. The Bertz CT molecular complexity index is 545. The molecule has 1 aromatic heterocycles. The van der Waals surface area contributed by atoms with Crippen LogP contribution < -0.4 is 4.74 Å². The molecule has 1 unspecified atom stereocenters. The topological polar surface area (TPSA) is 62.7 Å². The molecule has 1 aromatic rings. The Morgan fingerprint density at radius 1 is 1.52 bits per heavy atom. The number of carboxylic acids is 1. The van der Waals surface area contributed by atoms with E-state index in [0.29, 0.717) is 13.1 Å². The Balaban J connectivity index is 2.17. The van der Waals surface area contributed by atoms with Gasteiger partial charge in [0.15, 0.2) is 0 Å². The molecule has 1 fully saturated rings. The van der Waals surface area contributed by atoms with Crippen LogP contribution in [0.15, 0.2) is 6.20 Å². The van der Waals surface area contributed by atoms with Crippen LogP contribution in [0.1, 0.15) is 36.6 Å². The predicted octanol–water partition coefficient (Wildman–Crippen LogP) is 2.39. The largest absolute Gasteiger partial charge is 0.496 e. The molecule has 21 heavy (non-hydrogen) atoms. The van der Waals surface area contributed by atoms with E-state index in [2.05, 4.69) is 9.88 Å². The Kier molecular flexibility index (Phi) is 4.52. The van der Waals surface area contributed by atoms with Gasteiger partial charge >= 0.3 is 5.97 Å². The quantitative estimate of drug-likeness (QED) is 0.923. The highest BCUT2D eigenvalue weighted by molar-refractivity contribution is 5.74. The lowest BCUT2D eigenvalue weighted by molar-refractivity contribution is -0.151. The zero-order chi connectivity index (χ0) is 15.6. The summed E-state index contributed by atoms with van der Waals surface area (Å²) in [6, 6.07) is 0. The van der Waals surface area contributed by atoms with Crippen LogP contribution in [0.25, 0.3) is 0 Å². The van der Waals surface area contributed by atoms with Gasteiger partial charge < -0.3 is 9.84 Å². The number of piperidine rings is 1.